The summed E-state index contributed by atoms with van der Waals surface area (Å²) < 4.78 is 1.11. The van der Waals surface area contributed by atoms with Gasteiger partial charge in [-0.2, -0.15) is 11.8 Å². The molecular weight excluding hydrogens is 332 g/mol. The molecule has 1 aromatic heterocycles. The second-order valence-electron chi connectivity index (χ2n) is 4.87. The molecule has 4 heteroatoms. The molecule has 2 aromatic rings. The maximum Gasteiger partial charge on any atom is 0.0758 e. The number of nitrogens with one attached hydrogen (secondary N) is 1. The zero-order chi connectivity index (χ0) is 14.4. The van der Waals surface area contributed by atoms with Crippen LogP contribution in [0.2, 0.25) is 0 Å². The predicted molar refractivity (Wildman–Crippen MR) is 93.4 cm³/mol. The van der Waals surface area contributed by atoms with Gasteiger partial charge in [-0.25, -0.2) is 0 Å². The molecule has 1 aromatic carbocycles. The predicted octanol–water partition coefficient (Wildman–Crippen LogP) is 4.62. The molecule has 0 saturated heterocycles. The third-order valence-corrected chi connectivity index (χ3v) is 4.96. The summed E-state index contributed by atoms with van der Waals surface area (Å²) in [6, 6.07) is 8.89. The van der Waals surface area contributed by atoms with Gasteiger partial charge in [-0.05, 0) is 42.5 Å². The summed E-state index contributed by atoms with van der Waals surface area (Å²) >= 11 is 5.59. The summed E-state index contributed by atoms with van der Waals surface area (Å²) in [7, 11) is 0. The first-order valence-corrected chi connectivity index (χ1v) is 9.00. The lowest BCUT2D eigenvalue weighted by Gasteiger charge is -2.14. The fraction of sp³-hybridized carbons (Fsp3) is 0.438. The van der Waals surface area contributed by atoms with Gasteiger partial charge in [0, 0.05) is 28.6 Å². The molecule has 0 spiro atoms. The average molecular weight is 353 g/mol. The maximum atomic E-state index is 4.52. The van der Waals surface area contributed by atoms with E-state index in [-0.39, 0.29) is 0 Å². The summed E-state index contributed by atoms with van der Waals surface area (Å²) in [6.45, 7) is 5.34. The first kappa shape index (κ1) is 15.8. The molecular formula is C16H21BrN2S. The van der Waals surface area contributed by atoms with Crippen molar-refractivity contribution in [3.8, 4) is 0 Å². The molecule has 0 aliphatic carbocycles. The van der Waals surface area contributed by atoms with Gasteiger partial charge in [-0.1, -0.05) is 35.0 Å². The van der Waals surface area contributed by atoms with E-state index < -0.39 is 0 Å². The summed E-state index contributed by atoms with van der Waals surface area (Å²) in [5, 5.41) is 4.78. The Bertz CT molecular complexity index is 559. The van der Waals surface area contributed by atoms with Crippen molar-refractivity contribution < 1.29 is 0 Å². The third-order valence-electron chi connectivity index (χ3n) is 3.34. The number of thioether (sulfide) groups is 1. The van der Waals surface area contributed by atoms with Crippen molar-refractivity contribution >= 4 is 38.6 Å². The molecule has 1 heterocycles. The number of hydrogen-bond donors (Lipinski definition) is 1. The quantitative estimate of drug-likeness (QED) is 0.736. The molecule has 0 fully saturated rings. The van der Waals surface area contributed by atoms with Crippen molar-refractivity contribution in [2.24, 2.45) is 0 Å². The van der Waals surface area contributed by atoms with Gasteiger partial charge >= 0.3 is 0 Å². The molecule has 20 heavy (non-hydrogen) atoms. The lowest BCUT2D eigenvalue weighted by Crippen LogP contribution is -2.26. The summed E-state index contributed by atoms with van der Waals surface area (Å²) in [5.74, 6) is 2.43. The smallest absolute Gasteiger partial charge is 0.0758 e. The lowest BCUT2D eigenvalue weighted by molar-refractivity contribution is 0.538. The SMILES string of the molecule is CCSCCC(C)NCc1ccc(Br)c2cccnc12. The second-order valence-corrected chi connectivity index (χ2v) is 7.12. The normalized spacial score (nSPS) is 12.8. The zero-order valence-corrected chi connectivity index (χ0v) is 14.4. The highest BCUT2D eigenvalue weighted by atomic mass is 79.9. The van der Waals surface area contributed by atoms with Crippen molar-refractivity contribution in [2.45, 2.75) is 32.9 Å². The lowest BCUT2D eigenvalue weighted by atomic mass is 10.1. The van der Waals surface area contributed by atoms with E-state index in [2.05, 4.69) is 58.3 Å². The molecule has 0 saturated carbocycles. The van der Waals surface area contributed by atoms with Gasteiger partial charge in [0.05, 0.1) is 5.52 Å². The molecule has 0 bridgehead atoms. The van der Waals surface area contributed by atoms with Crippen LogP contribution < -0.4 is 5.32 Å². The molecule has 0 radical (unpaired) electrons. The number of nitrogens with zero attached hydrogens (tertiary/aromatic N) is 1. The summed E-state index contributed by atoms with van der Waals surface area (Å²) in [4.78, 5) is 4.52. The van der Waals surface area contributed by atoms with Crippen LogP contribution in [0.25, 0.3) is 10.9 Å². The Balaban J connectivity index is 2.01. The average Bonchev–Trinajstić information content (AvgIpc) is 2.47. The highest BCUT2D eigenvalue weighted by Gasteiger charge is 2.07. The van der Waals surface area contributed by atoms with Crippen LogP contribution in [0, 0.1) is 0 Å². The van der Waals surface area contributed by atoms with E-state index in [1.165, 1.54) is 28.9 Å². The van der Waals surface area contributed by atoms with Gasteiger partial charge in [0.25, 0.3) is 0 Å². The van der Waals surface area contributed by atoms with Crippen LogP contribution >= 0.6 is 27.7 Å². The van der Waals surface area contributed by atoms with E-state index in [1.807, 2.05) is 24.0 Å². The van der Waals surface area contributed by atoms with Crippen LogP contribution in [0.5, 0.6) is 0 Å². The minimum atomic E-state index is 0.538. The van der Waals surface area contributed by atoms with E-state index in [1.54, 1.807) is 0 Å². The van der Waals surface area contributed by atoms with E-state index in [0.29, 0.717) is 6.04 Å². The molecule has 2 nitrogen and oxygen atoms in total. The zero-order valence-electron chi connectivity index (χ0n) is 12.0. The Morgan fingerprint density at radius 2 is 2.20 bits per heavy atom. The molecule has 0 aliphatic heterocycles. The standard InChI is InChI=1S/C16H21BrN2S/c1-3-20-10-8-12(2)19-11-13-6-7-15(17)14-5-4-9-18-16(13)14/h4-7,9,12,19H,3,8,10-11H2,1-2H3. The highest BCUT2D eigenvalue weighted by molar-refractivity contribution is 9.10. The largest absolute Gasteiger partial charge is 0.310 e. The van der Waals surface area contributed by atoms with E-state index in [9.17, 15) is 0 Å². The fourth-order valence-electron chi connectivity index (χ4n) is 2.13. The summed E-state index contributed by atoms with van der Waals surface area (Å²) in [6.07, 6.45) is 3.07. The summed E-state index contributed by atoms with van der Waals surface area (Å²) in [5.41, 5.74) is 2.35. The first-order chi connectivity index (χ1) is 9.72. The molecule has 2 rings (SSSR count). The van der Waals surface area contributed by atoms with Gasteiger partial charge in [-0.15, -0.1) is 0 Å². The molecule has 108 valence electrons. The van der Waals surface area contributed by atoms with E-state index >= 15 is 0 Å². The molecule has 0 amide bonds. The fourth-order valence-corrected chi connectivity index (χ4v) is 3.39. The second kappa shape index (κ2) is 8.01. The van der Waals surface area contributed by atoms with Crippen LogP contribution in [-0.2, 0) is 6.54 Å². The minimum Gasteiger partial charge on any atom is -0.310 e. The highest BCUT2D eigenvalue weighted by Crippen LogP contribution is 2.25. The third kappa shape index (κ3) is 4.21. The number of rotatable bonds is 7. The van der Waals surface area contributed by atoms with Gasteiger partial charge in [0.2, 0.25) is 0 Å². The van der Waals surface area contributed by atoms with Crippen LogP contribution in [0.4, 0.5) is 0 Å². The van der Waals surface area contributed by atoms with Crippen LogP contribution in [0.1, 0.15) is 25.8 Å². The number of aromatic nitrogens is 1. The van der Waals surface area contributed by atoms with Crippen molar-refractivity contribution in [3.63, 3.8) is 0 Å². The Kier molecular flexibility index (Phi) is 6.33. The molecule has 0 aliphatic rings. The Labute approximate surface area is 133 Å². The molecule has 1 unspecified atom stereocenters. The number of pyridine rings is 1. The van der Waals surface area contributed by atoms with Crippen molar-refractivity contribution in [1.82, 2.24) is 10.3 Å². The van der Waals surface area contributed by atoms with Gasteiger partial charge in [0.1, 0.15) is 0 Å². The first-order valence-electron chi connectivity index (χ1n) is 7.05. The van der Waals surface area contributed by atoms with Crippen LogP contribution in [-0.4, -0.2) is 22.5 Å². The van der Waals surface area contributed by atoms with Crippen molar-refractivity contribution in [2.75, 3.05) is 11.5 Å². The van der Waals surface area contributed by atoms with Crippen LogP contribution in [0.3, 0.4) is 0 Å². The molecule has 1 N–H and O–H groups in total. The van der Waals surface area contributed by atoms with Gasteiger partial charge < -0.3 is 5.32 Å². The Morgan fingerprint density at radius 1 is 1.35 bits per heavy atom. The monoisotopic (exact) mass is 352 g/mol. The Hall–Kier alpha value is -0.580. The van der Waals surface area contributed by atoms with Crippen LogP contribution in [0.15, 0.2) is 34.9 Å². The van der Waals surface area contributed by atoms with Crippen molar-refractivity contribution in [3.05, 3.63) is 40.5 Å². The van der Waals surface area contributed by atoms with E-state index in [0.717, 1.165) is 16.5 Å². The Morgan fingerprint density at radius 3 is 3.00 bits per heavy atom. The van der Waals surface area contributed by atoms with Crippen molar-refractivity contribution in [1.29, 1.82) is 0 Å². The maximum absolute atomic E-state index is 4.52. The number of benzene rings is 1. The number of halogens is 1. The van der Waals surface area contributed by atoms with E-state index in [4.69, 9.17) is 0 Å². The number of hydrogen-bond acceptors (Lipinski definition) is 3. The number of fused-ring (bicyclic) bond motifs is 1. The minimum absolute atomic E-state index is 0.538. The van der Waals surface area contributed by atoms with Gasteiger partial charge in [0.15, 0.2) is 0 Å². The van der Waals surface area contributed by atoms with Gasteiger partial charge in [-0.3, -0.25) is 4.98 Å². The molecule has 1 atom stereocenters. The topological polar surface area (TPSA) is 24.9 Å².